The Labute approximate surface area is 112 Å². The van der Waals surface area contributed by atoms with Crippen LogP contribution >= 0.6 is 0 Å². The topological polar surface area (TPSA) is 63.2 Å². The molecular formula is C14H19N3O2. The zero-order chi connectivity index (χ0) is 13.3. The number of rotatable bonds is 2. The highest BCUT2D eigenvalue weighted by Crippen LogP contribution is 2.38. The minimum atomic E-state index is -0.415. The fourth-order valence-corrected chi connectivity index (χ4v) is 3.05. The van der Waals surface area contributed by atoms with E-state index in [2.05, 4.69) is 15.6 Å². The zero-order valence-corrected chi connectivity index (χ0v) is 11.1. The molecule has 2 saturated heterocycles. The van der Waals surface area contributed by atoms with E-state index in [0.29, 0.717) is 19.1 Å². The summed E-state index contributed by atoms with van der Waals surface area (Å²) in [7, 11) is 0. The van der Waals surface area contributed by atoms with Crippen molar-refractivity contribution in [2.75, 3.05) is 31.6 Å². The molecule has 0 aliphatic carbocycles. The molecule has 3 rings (SSSR count). The Morgan fingerprint density at radius 3 is 3.32 bits per heavy atom. The lowest BCUT2D eigenvalue weighted by Gasteiger charge is -2.36. The van der Waals surface area contributed by atoms with Gasteiger partial charge < -0.3 is 15.4 Å². The van der Waals surface area contributed by atoms with E-state index < -0.39 is 5.41 Å². The van der Waals surface area contributed by atoms with E-state index in [-0.39, 0.29) is 5.91 Å². The highest BCUT2D eigenvalue weighted by molar-refractivity contribution is 5.96. The molecule has 1 amide bonds. The molecule has 2 atom stereocenters. The summed E-state index contributed by atoms with van der Waals surface area (Å²) in [5.41, 5.74) is 1.38. The standard InChI is InChI=1S/C14H19N3O2/c1-10-4-12(7-15-5-10)17-13(18)14-8-16-6-11(14)2-3-19-9-14/h4-5,7,11,16H,2-3,6,8-9H2,1H3,(H,17,18)/t11-,14+/m1/s1. The number of fused-ring (bicyclic) bond motifs is 1. The molecule has 1 aromatic rings. The molecule has 5 nitrogen and oxygen atoms in total. The van der Waals surface area contributed by atoms with Gasteiger partial charge in [-0.2, -0.15) is 0 Å². The molecule has 19 heavy (non-hydrogen) atoms. The van der Waals surface area contributed by atoms with Gasteiger partial charge in [-0.25, -0.2) is 0 Å². The highest BCUT2D eigenvalue weighted by Gasteiger charge is 2.50. The normalized spacial score (nSPS) is 29.8. The minimum absolute atomic E-state index is 0.0506. The van der Waals surface area contributed by atoms with Crippen LogP contribution in [-0.4, -0.2) is 37.2 Å². The summed E-state index contributed by atoms with van der Waals surface area (Å²) in [6.07, 6.45) is 4.41. The Hall–Kier alpha value is -1.46. The maximum atomic E-state index is 12.6. The third kappa shape index (κ3) is 2.24. The number of carbonyl (C=O) groups excluding carboxylic acids is 1. The predicted molar refractivity (Wildman–Crippen MR) is 71.8 cm³/mol. The molecular weight excluding hydrogens is 242 g/mol. The Bertz CT molecular complexity index is 491. The molecule has 0 bridgehead atoms. The molecule has 0 unspecified atom stereocenters. The van der Waals surface area contributed by atoms with Gasteiger partial charge in [-0.05, 0) is 37.4 Å². The van der Waals surface area contributed by atoms with Gasteiger partial charge >= 0.3 is 0 Å². The SMILES string of the molecule is Cc1cncc(NC(=O)[C@]23CNC[C@H]2CCOC3)c1. The lowest BCUT2D eigenvalue weighted by atomic mass is 9.75. The quantitative estimate of drug-likeness (QED) is 0.832. The summed E-state index contributed by atoms with van der Waals surface area (Å²) in [4.78, 5) is 16.7. The van der Waals surface area contributed by atoms with Gasteiger partial charge in [-0.3, -0.25) is 9.78 Å². The van der Waals surface area contributed by atoms with Gasteiger partial charge in [-0.1, -0.05) is 0 Å². The molecule has 2 N–H and O–H groups in total. The van der Waals surface area contributed by atoms with Crippen LogP contribution in [0.1, 0.15) is 12.0 Å². The van der Waals surface area contributed by atoms with Gasteiger partial charge in [0.25, 0.3) is 0 Å². The van der Waals surface area contributed by atoms with Crippen molar-refractivity contribution in [3.8, 4) is 0 Å². The number of pyridine rings is 1. The largest absolute Gasteiger partial charge is 0.380 e. The number of aromatic nitrogens is 1. The summed E-state index contributed by atoms with van der Waals surface area (Å²) in [6.45, 7) is 4.83. The smallest absolute Gasteiger partial charge is 0.234 e. The fraction of sp³-hybridized carbons (Fsp3) is 0.571. The highest BCUT2D eigenvalue weighted by atomic mass is 16.5. The molecule has 0 aromatic carbocycles. The van der Waals surface area contributed by atoms with Crippen LogP contribution < -0.4 is 10.6 Å². The first-order valence-corrected chi connectivity index (χ1v) is 6.72. The van der Waals surface area contributed by atoms with E-state index in [9.17, 15) is 4.79 Å². The minimum Gasteiger partial charge on any atom is -0.380 e. The molecule has 0 spiro atoms. The van der Waals surface area contributed by atoms with Crippen LogP contribution in [0.25, 0.3) is 0 Å². The summed E-state index contributed by atoms with van der Waals surface area (Å²) < 4.78 is 5.55. The van der Waals surface area contributed by atoms with E-state index in [1.807, 2.05) is 13.0 Å². The maximum Gasteiger partial charge on any atom is 0.234 e. The molecule has 102 valence electrons. The first-order valence-electron chi connectivity index (χ1n) is 6.72. The van der Waals surface area contributed by atoms with E-state index in [0.717, 1.165) is 30.8 Å². The van der Waals surface area contributed by atoms with Crippen molar-refractivity contribution >= 4 is 11.6 Å². The van der Waals surface area contributed by atoms with Gasteiger partial charge in [0, 0.05) is 19.3 Å². The van der Waals surface area contributed by atoms with Crippen LogP contribution in [0.2, 0.25) is 0 Å². The second kappa shape index (κ2) is 4.90. The summed E-state index contributed by atoms with van der Waals surface area (Å²) in [5.74, 6) is 0.425. The molecule has 3 heterocycles. The summed E-state index contributed by atoms with van der Waals surface area (Å²) in [5, 5.41) is 6.32. The van der Waals surface area contributed by atoms with Crippen molar-refractivity contribution in [1.29, 1.82) is 0 Å². The van der Waals surface area contributed by atoms with Gasteiger partial charge in [-0.15, -0.1) is 0 Å². The van der Waals surface area contributed by atoms with E-state index in [1.165, 1.54) is 0 Å². The predicted octanol–water partition coefficient (Wildman–Crippen LogP) is 0.955. The van der Waals surface area contributed by atoms with Crippen molar-refractivity contribution in [3.63, 3.8) is 0 Å². The molecule has 2 aliphatic rings. The average molecular weight is 261 g/mol. The molecule has 1 aromatic heterocycles. The van der Waals surface area contributed by atoms with E-state index in [4.69, 9.17) is 4.74 Å². The number of aryl methyl sites for hydroxylation is 1. The lowest BCUT2D eigenvalue weighted by molar-refractivity contribution is -0.135. The number of nitrogens with one attached hydrogen (secondary N) is 2. The Kier molecular flexibility index (Phi) is 3.24. The van der Waals surface area contributed by atoms with Crippen molar-refractivity contribution in [2.45, 2.75) is 13.3 Å². The van der Waals surface area contributed by atoms with E-state index in [1.54, 1.807) is 12.4 Å². The molecule has 2 aliphatic heterocycles. The van der Waals surface area contributed by atoms with Crippen LogP contribution in [0.3, 0.4) is 0 Å². The maximum absolute atomic E-state index is 12.6. The van der Waals surface area contributed by atoms with Crippen molar-refractivity contribution in [1.82, 2.24) is 10.3 Å². The zero-order valence-electron chi connectivity index (χ0n) is 11.1. The number of carbonyl (C=O) groups is 1. The van der Waals surface area contributed by atoms with Gasteiger partial charge in [0.05, 0.1) is 23.9 Å². The van der Waals surface area contributed by atoms with E-state index >= 15 is 0 Å². The lowest BCUT2D eigenvalue weighted by Crippen LogP contribution is -2.49. The Morgan fingerprint density at radius 2 is 2.47 bits per heavy atom. The molecule has 5 heteroatoms. The number of ether oxygens (including phenoxy) is 1. The van der Waals surface area contributed by atoms with Crippen LogP contribution in [0.15, 0.2) is 18.5 Å². The van der Waals surface area contributed by atoms with Crippen LogP contribution in [0, 0.1) is 18.3 Å². The van der Waals surface area contributed by atoms with Gasteiger partial charge in [0.2, 0.25) is 5.91 Å². The fourth-order valence-electron chi connectivity index (χ4n) is 3.05. The van der Waals surface area contributed by atoms with Crippen molar-refractivity contribution in [2.24, 2.45) is 11.3 Å². The van der Waals surface area contributed by atoms with Crippen molar-refractivity contribution in [3.05, 3.63) is 24.0 Å². The number of amides is 1. The first-order chi connectivity index (χ1) is 9.21. The third-order valence-electron chi connectivity index (χ3n) is 4.17. The monoisotopic (exact) mass is 261 g/mol. The third-order valence-corrected chi connectivity index (χ3v) is 4.17. The first kappa shape index (κ1) is 12.6. The van der Waals surface area contributed by atoms with Crippen molar-refractivity contribution < 1.29 is 9.53 Å². The number of anilines is 1. The number of hydrogen-bond donors (Lipinski definition) is 2. The Morgan fingerprint density at radius 1 is 1.58 bits per heavy atom. The summed E-state index contributed by atoms with van der Waals surface area (Å²) in [6, 6.07) is 1.93. The van der Waals surface area contributed by atoms with Crippen LogP contribution in [-0.2, 0) is 9.53 Å². The molecule has 2 fully saturated rings. The number of hydrogen-bond acceptors (Lipinski definition) is 4. The number of nitrogens with zero attached hydrogens (tertiary/aromatic N) is 1. The molecule has 0 radical (unpaired) electrons. The average Bonchev–Trinajstić information content (AvgIpc) is 2.83. The summed E-state index contributed by atoms with van der Waals surface area (Å²) >= 11 is 0. The van der Waals surface area contributed by atoms with Gasteiger partial charge in [0.1, 0.15) is 0 Å². The van der Waals surface area contributed by atoms with Gasteiger partial charge in [0.15, 0.2) is 0 Å². The van der Waals surface area contributed by atoms with Crippen LogP contribution in [0.4, 0.5) is 5.69 Å². The van der Waals surface area contributed by atoms with Crippen LogP contribution in [0.5, 0.6) is 0 Å². The molecule has 0 saturated carbocycles. The second-order valence-corrected chi connectivity index (χ2v) is 5.53. The Balaban J connectivity index is 1.79. The second-order valence-electron chi connectivity index (χ2n) is 5.53.